The number of rotatable bonds is 8. The molecule has 0 heterocycles. The monoisotopic (exact) mass is 295 g/mol. The fraction of sp³-hybridized carbons (Fsp3) is 0.500. The molecule has 0 aliphatic rings. The van der Waals surface area contributed by atoms with E-state index in [1.165, 1.54) is 6.07 Å². The Balaban J connectivity index is 2.74. The van der Waals surface area contributed by atoms with Gasteiger partial charge < -0.3 is 15.8 Å². The van der Waals surface area contributed by atoms with Crippen molar-refractivity contribution in [2.24, 2.45) is 5.73 Å². The lowest BCUT2D eigenvalue weighted by Gasteiger charge is -2.27. The highest BCUT2D eigenvalue weighted by molar-refractivity contribution is 5.84. The van der Waals surface area contributed by atoms with Gasteiger partial charge in [0.05, 0.1) is 22.6 Å². The normalized spacial score (nSPS) is 13.5. The van der Waals surface area contributed by atoms with E-state index in [1.54, 1.807) is 26.0 Å². The van der Waals surface area contributed by atoms with Gasteiger partial charge in [-0.3, -0.25) is 14.9 Å². The van der Waals surface area contributed by atoms with Gasteiger partial charge in [0, 0.05) is 12.5 Å². The van der Waals surface area contributed by atoms with Crippen molar-refractivity contribution in [3.8, 4) is 5.75 Å². The van der Waals surface area contributed by atoms with E-state index in [9.17, 15) is 14.9 Å². The number of carbonyl (C=O) groups excluding carboxylic acids is 1. The Bertz CT molecular complexity index is 533. The highest BCUT2D eigenvalue weighted by Crippen LogP contribution is 2.27. The third-order valence-corrected chi connectivity index (χ3v) is 3.42. The van der Waals surface area contributed by atoms with Crippen LogP contribution >= 0.6 is 0 Å². The molecule has 0 radical (unpaired) electrons. The first kappa shape index (κ1) is 16.9. The van der Waals surface area contributed by atoms with Crippen molar-refractivity contribution < 1.29 is 14.5 Å². The van der Waals surface area contributed by atoms with Crippen molar-refractivity contribution in [3.05, 3.63) is 33.9 Å². The zero-order chi connectivity index (χ0) is 16.0. The molecule has 1 aromatic carbocycles. The number of nitro groups is 1. The highest BCUT2D eigenvalue weighted by Gasteiger charge is 2.29. The molecule has 1 atom stereocenters. The van der Waals surface area contributed by atoms with Crippen molar-refractivity contribution >= 4 is 11.6 Å². The summed E-state index contributed by atoms with van der Waals surface area (Å²) in [5, 5.41) is 13.9. The van der Waals surface area contributed by atoms with Crippen molar-refractivity contribution in [1.82, 2.24) is 5.32 Å². The average molecular weight is 295 g/mol. The lowest BCUT2D eigenvalue weighted by Crippen LogP contribution is -2.53. The smallest absolute Gasteiger partial charge is 0.276 e. The topological polar surface area (TPSA) is 107 Å². The SMILES string of the molecule is CCNC(C)(CCOc1cccc([N+](=O)[O-])c1C)C(N)=O. The van der Waals surface area contributed by atoms with Crippen LogP contribution in [0.5, 0.6) is 5.75 Å². The largest absolute Gasteiger partial charge is 0.493 e. The lowest BCUT2D eigenvalue weighted by molar-refractivity contribution is -0.385. The van der Waals surface area contributed by atoms with E-state index in [4.69, 9.17) is 10.5 Å². The van der Waals surface area contributed by atoms with Crippen LogP contribution in [-0.2, 0) is 4.79 Å². The minimum Gasteiger partial charge on any atom is -0.493 e. The maximum Gasteiger partial charge on any atom is 0.276 e. The zero-order valence-corrected chi connectivity index (χ0v) is 12.5. The van der Waals surface area contributed by atoms with Crippen LogP contribution in [0.1, 0.15) is 25.8 Å². The number of benzene rings is 1. The summed E-state index contributed by atoms with van der Waals surface area (Å²) in [4.78, 5) is 21.9. The molecule has 1 aromatic rings. The summed E-state index contributed by atoms with van der Waals surface area (Å²) in [6.07, 6.45) is 0.373. The Morgan fingerprint density at radius 2 is 2.19 bits per heavy atom. The minimum atomic E-state index is -0.858. The molecule has 0 saturated carbocycles. The summed E-state index contributed by atoms with van der Waals surface area (Å²) in [7, 11) is 0. The number of nitrogens with two attached hydrogens (primary N) is 1. The molecule has 7 nitrogen and oxygen atoms in total. The molecule has 1 rings (SSSR count). The third-order valence-electron chi connectivity index (χ3n) is 3.42. The molecule has 21 heavy (non-hydrogen) atoms. The standard InChI is InChI=1S/C14H21N3O4/c1-4-16-14(3,13(15)18)8-9-21-12-7-5-6-11(10(12)2)17(19)20/h5-7,16H,4,8-9H2,1-3H3,(H2,15,18). The van der Waals surface area contributed by atoms with Crippen LogP contribution in [0.15, 0.2) is 18.2 Å². The molecule has 0 aliphatic heterocycles. The molecular weight excluding hydrogens is 274 g/mol. The van der Waals surface area contributed by atoms with E-state index in [0.717, 1.165) is 0 Å². The van der Waals surface area contributed by atoms with Gasteiger partial charge in [-0.15, -0.1) is 0 Å². The van der Waals surface area contributed by atoms with Crippen LogP contribution in [-0.4, -0.2) is 29.5 Å². The van der Waals surface area contributed by atoms with Gasteiger partial charge in [0.15, 0.2) is 0 Å². The van der Waals surface area contributed by atoms with Gasteiger partial charge in [-0.05, 0) is 26.5 Å². The molecular formula is C14H21N3O4. The second-order valence-electron chi connectivity index (χ2n) is 4.98. The van der Waals surface area contributed by atoms with E-state index in [1.807, 2.05) is 6.92 Å². The Morgan fingerprint density at radius 1 is 1.52 bits per heavy atom. The number of likely N-dealkylation sites (N-methyl/N-ethyl adjacent to an activating group) is 1. The molecule has 0 aliphatic carbocycles. The molecule has 0 spiro atoms. The van der Waals surface area contributed by atoms with Crippen molar-refractivity contribution in [2.45, 2.75) is 32.7 Å². The van der Waals surface area contributed by atoms with Gasteiger partial charge in [-0.25, -0.2) is 0 Å². The van der Waals surface area contributed by atoms with E-state index < -0.39 is 16.4 Å². The van der Waals surface area contributed by atoms with Gasteiger partial charge in [0.1, 0.15) is 5.75 Å². The Hall–Kier alpha value is -2.15. The molecule has 0 saturated heterocycles. The third kappa shape index (κ3) is 4.16. The Kier molecular flexibility index (Phi) is 5.66. The van der Waals surface area contributed by atoms with Crippen LogP contribution in [0.25, 0.3) is 0 Å². The number of hydrogen-bond acceptors (Lipinski definition) is 5. The first-order valence-electron chi connectivity index (χ1n) is 6.73. The van der Waals surface area contributed by atoms with E-state index in [2.05, 4.69) is 5.32 Å². The summed E-state index contributed by atoms with van der Waals surface area (Å²) in [6, 6.07) is 4.66. The van der Waals surface area contributed by atoms with Gasteiger partial charge in [0.2, 0.25) is 5.91 Å². The molecule has 0 bridgehead atoms. The lowest BCUT2D eigenvalue weighted by atomic mass is 9.97. The first-order valence-corrected chi connectivity index (χ1v) is 6.73. The number of carbonyl (C=O) groups is 1. The molecule has 1 unspecified atom stereocenters. The number of nitrogens with zero attached hydrogens (tertiary/aromatic N) is 1. The number of nitro benzene ring substituents is 1. The van der Waals surface area contributed by atoms with Crippen molar-refractivity contribution in [1.29, 1.82) is 0 Å². The number of amides is 1. The molecule has 116 valence electrons. The van der Waals surface area contributed by atoms with E-state index >= 15 is 0 Å². The summed E-state index contributed by atoms with van der Waals surface area (Å²) < 4.78 is 5.57. The Morgan fingerprint density at radius 3 is 2.71 bits per heavy atom. The highest BCUT2D eigenvalue weighted by atomic mass is 16.6. The molecule has 0 fully saturated rings. The van der Waals surface area contributed by atoms with Gasteiger partial charge in [-0.2, -0.15) is 0 Å². The van der Waals surface area contributed by atoms with Crippen molar-refractivity contribution in [3.63, 3.8) is 0 Å². The quantitative estimate of drug-likeness (QED) is 0.558. The fourth-order valence-corrected chi connectivity index (χ4v) is 2.01. The maximum atomic E-state index is 11.5. The van der Waals surface area contributed by atoms with Crippen molar-refractivity contribution in [2.75, 3.05) is 13.2 Å². The minimum absolute atomic E-state index is 0.0110. The summed E-state index contributed by atoms with van der Waals surface area (Å²) in [6.45, 7) is 6.06. The van der Waals surface area contributed by atoms with E-state index in [-0.39, 0.29) is 12.3 Å². The van der Waals surface area contributed by atoms with Crippen LogP contribution in [0.2, 0.25) is 0 Å². The first-order chi connectivity index (χ1) is 9.81. The van der Waals surface area contributed by atoms with Crippen LogP contribution in [0, 0.1) is 17.0 Å². The van der Waals surface area contributed by atoms with Gasteiger partial charge >= 0.3 is 0 Å². The van der Waals surface area contributed by atoms with Crippen LogP contribution in [0.3, 0.4) is 0 Å². The van der Waals surface area contributed by atoms with Crippen LogP contribution in [0.4, 0.5) is 5.69 Å². The predicted molar refractivity (Wildman–Crippen MR) is 79.2 cm³/mol. The number of primary amides is 1. The number of hydrogen-bond donors (Lipinski definition) is 2. The molecule has 3 N–H and O–H groups in total. The summed E-state index contributed by atoms with van der Waals surface area (Å²) in [5.74, 6) is -0.0174. The number of ether oxygens (including phenoxy) is 1. The summed E-state index contributed by atoms with van der Waals surface area (Å²) in [5.41, 5.74) is 5.00. The summed E-state index contributed by atoms with van der Waals surface area (Å²) >= 11 is 0. The maximum absolute atomic E-state index is 11.5. The van der Waals surface area contributed by atoms with Gasteiger partial charge in [-0.1, -0.05) is 13.0 Å². The zero-order valence-electron chi connectivity index (χ0n) is 12.5. The predicted octanol–water partition coefficient (Wildman–Crippen LogP) is 1.53. The fourth-order valence-electron chi connectivity index (χ4n) is 2.01. The Labute approximate surface area is 123 Å². The van der Waals surface area contributed by atoms with Gasteiger partial charge in [0.25, 0.3) is 5.69 Å². The van der Waals surface area contributed by atoms with Crippen LogP contribution < -0.4 is 15.8 Å². The number of nitrogens with one attached hydrogen (secondary N) is 1. The average Bonchev–Trinajstić information content (AvgIpc) is 2.40. The molecule has 0 aromatic heterocycles. The second kappa shape index (κ2) is 7.03. The van der Waals surface area contributed by atoms with E-state index in [0.29, 0.717) is 24.3 Å². The molecule has 1 amide bonds. The molecule has 7 heteroatoms. The second-order valence-corrected chi connectivity index (χ2v) is 4.98.